The van der Waals surface area contributed by atoms with Gasteiger partial charge in [0.15, 0.2) is 0 Å². The maximum Gasteiger partial charge on any atom is 0.309 e. The third-order valence-electron chi connectivity index (χ3n) is 5.98. The van der Waals surface area contributed by atoms with Gasteiger partial charge in [-0.05, 0) is 47.9 Å². The lowest BCUT2D eigenvalue weighted by Crippen LogP contribution is -2.40. The Morgan fingerprint density at radius 3 is 2.34 bits per heavy atom. The van der Waals surface area contributed by atoms with E-state index in [1.807, 2.05) is 60.7 Å². The number of furan rings is 1. The van der Waals surface area contributed by atoms with Crippen LogP contribution in [0.4, 0.5) is 0 Å². The molecule has 1 aromatic heterocycles. The standard InChI is InChI=1S/C25H23NO5S/c27-25(30-17-22-15-21-7-3-4-8-24(21)31-22)19-11-13-26(14-12-19)32(28,29)23-10-9-18-5-1-2-6-20(18)16-23/h1-10,15-16,19H,11-14,17H2. The van der Waals surface area contributed by atoms with Gasteiger partial charge in [-0.1, -0.05) is 48.5 Å². The van der Waals surface area contributed by atoms with Crippen molar-refractivity contribution in [1.82, 2.24) is 4.31 Å². The quantitative estimate of drug-likeness (QED) is 0.412. The van der Waals surface area contributed by atoms with Gasteiger partial charge in [0.25, 0.3) is 0 Å². The number of sulfonamides is 1. The average molecular weight is 450 g/mol. The summed E-state index contributed by atoms with van der Waals surface area (Å²) in [4.78, 5) is 12.8. The van der Waals surface area contributed by atoms with Crippen LogP contribution in [-0.2, 0) is 26.2 Å². The summed E-state index contributed by atoms with van der Waals surface area (Å²) in [5.74, 6) is -0.0356. The SMILES string of the molecule is O=C(OCc1cc2ccccc2o1)C1CCN(S(=O)(=O)c2ccc3ccccc3c2)CC1. The molecule has 0 aliphatic carbocycles. The Bertz CT molecular complexity index is 1350. The van der Waals surface area contributed by atoms with E-state index in [2.05, 4.69) is 0 Å². The number of ether oxygens (including phenoxy) is 1. The van der Waals surface area contributed by atoms with Crippen LogP contribution in [0.2, 0.25) is 0 Å². The van der Waals surface area contributed by atoms with E-state index in [0.29, 0.717) is 31.7 Å². The van der Waals surface area contributed by atoms with Crippen molar-refractivity contribution in [1.29, 1.82) is 0 Å². The molecule has 6 nitrogen and oxygen atoms in total. The van der Waals surface area contributed by atoms with Gasteiger partial charge in [-0.2, -0.15) is 4.31 Å². The van der Waals surface area contributed by atoms with Crippen molar-refractivity contribution in [2.75, 3.05) is 13.1 Å². The van der Waals surface area contributed by atoms with Crippen molar-refractivity contribution >= 4 is 37.7 Å². The van der Waals surface area contributed by atoms with Gasteiger partial charge in [0.05, 0.1) is 10.8 Å². The van der Waals surface area contributed by atoms with Crippen molar-refractivity contribution in [3.05, 3.63) is 78.6 Å². The van der Waals surface area contributed by atoms with Crippen LogP contribution in [0.3, 0.4) is 0 Å². The molecule has 2 heterocycles. The molecule has 0 saturated carbocycles. The van der Waals surface area contributed by atoms with Crippen LogP contribution in [0.15, 0.2) is 82.1 Å². The molecule has 4 aromatic rings. The van der Waals surface area contributed by atoms with Gasteiger partial charge in [-0.25, -0.2) is 8.42 Å². The molecule has 1 aliphatic rings. The monoisotopic (exact) mass is 449 g/mol. The molecule has 0 unspecified atom stereocenters. The highest BCUT2D eigenvalue weighted by molar-refractivity contribution is 7.89. The van der Waals surface area contributed by atoms with Gasteiger partial charge in [-0.3, -0.25) is 4.79 Å². The van der Waals surface area contributed by atoms with Crippen molar-refractivity contribution in [3.63, 3.8) is 0 Å². The van der Waals surface area contributed by atoms with Crippen molar-refractivity contribution in [2.24, 2.45) is 5.92 Å². The molecule has 7 heteroatoms. The van der Waals surface area contributed by atoms with Crippen LogP contribution >= 0.6 is 0 Å². The predicted molar refractivity (Wildman–Crippen MR) is 121 cm³/mol. The van der Waals surface area contributed by atoms with Crippen LogP contribution in [0.25, 0.3) is 21.7 Å². The lowest BCUT2D eigenvalue weighted by molar-refractivity contribution is -0.151. The molecule has 0 amide bonds. The van der Waals surface area contributed by atoms with Gasteiger partial charge in [0, 0.05) is 18.5 Å². The van der Waals surface area contributed by atoms with Gasteiger partial charge < -0.3 is 9.15 Å². The number of para-hydroxylation sites is 1. The first kappa shape index (κ1) is 20.7. The molecule has 0 spiro atoms. The van der Waals surface area contributed by atoms with Crippen molar-refractivity contribution in [3.8, 4) is 0 Å². The van der Waals surface area contributed by atoms with E-state index in [0.717, 1.165) is 21.7 Å². The highest BCUT2D eigenvalue weighted by Gasteiger charge is 2.33. The second-order valence-electron chi connectivity index (χ2n) is 8.05. The summed E-state index contributed by atoms with van der Waals surface area (Å²) in [7, 11) is -3.61. The molecular formula is C25H23NO5S. The Kier molecular flexibility index (Phi) is 5.45. The van der Waals surface area contributed by atoms with Crippen LogP contribution < -0.4 is 0 Å². The molecular weight excluding hydrogens is 426 g/mol. The smallest absolute Gasteiger partial charge is 0.309 e. The van der Waals surface area contributed by atoms with Crippen molar-refractivity contribution < 1.29 is 22.4 Å². The number of hydrogen-bond acceptors (Lipinski definition) is 5. The molecule has 164 valence electrons. The number of piperidine rings is 1. The van der Waals surface area contributed by atoms with Crippen LogP contribution in [0.5, 0.6) is 0 Å². The number of nitrogens with zero attached hydrogens (tertiary/aromatic N) is 1. The number of carbonyl (C=O) groups is 1. The van der Waals surface area contributed by atoms with E-state index in [4.69, 9.17) is 9.15 Å². The van der Waals surface area contributed by atoms with Gasteiger partial charge >= 0.3 is 5.97 Å². The molecule has 3 aromatic carbocycles. The fourth-order valence-corrected chi connectivity index (χ4v) is 5.68. The third-order valence-corrected chi connectivity index (χ3v) is 7.87. The first-order chi connectivity index (χ1) is 15.5. The number of esters is 1. The molecule has 1 fully saturated rings. The Balaban J connectivity index is 1.20. The molecule has 1 aliphatic heterocycles. The topological polar surface area (TPSA) is 76.8 Å². The normalized spacial score (nSPS) is 15.9. The second kappa shape index (κ2) is 8.41. The number of benzene rings is 3. The molecule has 0 atom stereocenters. The average Bonchev–Trinajstić information content (AvgIpc) is 3.25. The minimum Gasteiger partial charge on any atom is -0.457 e. The number of rotatable bonds is 5. The van der Waals surface area contributed by atoms with E-state index >= 15 is 0 Å². The zero-order chi connectivity index (χ0) is 22.1. The zero-order valence-electron chi connectivity index (χ0n) is 17.4. The first-order valence-corrected chi connectivity index (χ1v) is 12.1. The molecule has 0 radical (unpaired) electrons. The molecule has 0 bridgehead atoms. The summed E-state index contributed by atoms with van der Waals surface area (Å²) >= 11 is 0. The molecule has 0 N–H and O–H groups in total. The van der Waals surface area contributed by atoms with E-state index in [9.17, 15) is 13.2 Å². The van der Waals surface area contributed by atoms with Crippen LogP contribution in [-0.4, -0.2) is 31.8 Å². The van der Waals surface area contributed by atoms with Gasteiger partial charge in [0.2, 0.25) is 10.0 Å². The van der Waals surface area contributed by atoms with Crippen molar-refractivity contribution in [2.45, 2.75) is 24.3 Å². The largest absolute Gasteiger partial charge is 0.457 e. The van der Waals surface area contributed by atoms with Gasteiger partial charge in [-0.15, -0.1) is 0 Å². The van der Waals surface area contributed by atoms with Gasteiger partial charge in [0.1, 0.15) is 18.0 Å². The molecule has 1 saturated heterocycles. The van der Waals surface area contributed by atoms with E-state index < -0.39 is 10.0 Å². The minimum absolute atomic E-state index is 0.0725. The number of hydrogen-bond donors (Lipinski definition) is 0. The van der Waals surface area contributed by atoms with E-state index in [1.54, 1.807) is 12.1 Å². The molecule has 32 heavy (non-hydrogen) atoms. The summed E-state index contributed by atoms with van der Waals surface area (Å²) in [6.07, 6.45) is 0.873. The Labute approximate surface area is 186 Å². The summed E-state index contributed by atoms with van der Waals surface area (Å²) in [5, 5.41) is 2.85. The zero-order valence-corrected chi connectivity index (χ0v) is 18.3. The Morgan fingerprint density at radius 2 is 1.59 bits per heavy atom. The fourth-order valence-electron chi connectivity index (χ4n) is 4.18. The highest BCUT2D eigenvalue weighted by Crippen LogP contribution is 2.27. The van der Waals surface area contributed by atoms with E-state index in [-0.39, 0.29) is 23.4 Å². The predicted octanol–water partition coefficient (Wildman–Crippen LogP) is 4.73. The van der Waals surface area contributed by atoms with Crippen LogP contribution in [0, 0.1) is 5.92 Å². The Morgan fingerprint density at radius 1 is 0.906 bits per heavy atom. The summed E-state index contributed by atoms with van der Waals surface area (Å²) in [6.45, 7) is 0.655. The maximum atomic E-state index is 13.1. The summed E-state index contributed by atoms with van der Waals surface area (Å²) < 4.78 is 38.8. The summed E-state index contributed by atoms with van der Waals surface area (Å²) in [6, 6.07) is 22.3. The van der Waals surface area contributed by atoms with E-state index in [1.165, 1.54) is 4.31 Å². The fraction of sp³-hybridized carbons (Fsp3) is 0.240. The highest BCUT2D eigenvalue weighted by atomic mass is 32.2. The maximum absolute atomic E-state index is 13.1. The first-order valence-electron chi connectivity index (χ1n) is 10.6. The lowest BCUT2D eigenvalue weighted by atomic mass is 9.98. The lowest BCUT2D eigenvalue weighted by Gasteiger charge is -2.30. The summed E-state index contributed by atoms with van der Waals surface area (Å²) in [5.41, 5.74) is 0.755. The minimum atomic E-state index is -3.61. The van der Waals surface area contributed by atoms with Crippen LogP contribution in [0.1, 0.15) is 18.6 Å². The number of fused-ring (bicyclic) bond motifs is 2. The number of carbonyl (C=O) groups excluding carboxylic acids is 1. The molecule has 5 rings (SSSR count). The third kappa shape index (κ3) is 4.01. The second-order valence-corrected chi connectivity index (χ2v) is 9.98. The Hall–Kier alpha value is -3.16.